The van der Waals surface area contributed by atoms with Gasteiger partial charge in [0.05, 0.1) is 35.2 Å². The molecule has 0 atom stereocenters. The fourth-order valence-corrected chi connectivity index (χ4v) is 3.83. The predicted octanol–water partition coefficient (Wildman–Crippen LogP) is 2.26. The van der Waals surface area contributed by atoms with Crippen molar-refractivity contribution in [3.05, 3.63) is 60.3 Å². The number of hydrogen-bond acceptors (Lipinski definition) is 5. The van der Waals surface area contributed by atoms with Crippen LogP contribution in [0.25, 0.3) is 16.5 Å². The summed E-state index contributed by atoms with van der Waals surface area (Å²) in [6.07, 6.45) is 9.95. The molecule has 7 heteroatoms. The second-order valence-corrected chi connectivity index (χ2v) is 8.53. The minimum atomic E-state index is -3.20. The third-order valence-electron chi connectivity index (χ3n) is 4.60. The van der Waals surface area contributed by atoms with Gasteiger partial charge in [-0.2, -0.15) is 0 Å². The first-order valence-corrected chi connectivity index (χ1v) is 10.4. The molecule has 3 aromatic rings. The molecule has 6 nitrogen and oxygen atoms in total. The lowest BCUT2D eigenvalue weighted by atomic mass is 10.1. The predicted molar refractivity (Wildman–Crippen MR) is 102 cm³/mol. The summed E-state index contributed by atoms with van der Waals surface area (Å²) in [5, 5.41) is 4.19. The van der Waals surface area contributed by atoms with Gasteiger partial charge in [-0.1, -0.05) is 6.08 Å². The molecular weight excluding hydrogens is 348 g/mol. The monoisotopic (exact) mass is 368 g/mol. The van der Waals surface area contributed by atoms with Crippen LogP contribution in [0, 0.1) is 0 Å². The van der Waals surface area contributed by atoms with Gasteiger partial charge >= 0.3 is 0 Å². The lowest BCUT2D eigenvalue weighted by Gasteiger charge is -2.13. The van der Waals surface area contributed by atoms with E-state index in [1.54, 1.807) is 12.1 Å². The number of rotatable bonds is 4. The van der Waals surface area contributed by atoms with Crippen molar-refractivity contribution in [2.24, 2.45) is 0 Å². The van der Waals surface area contributed by atoms with Crippen molar-refractivity contribution in [3.63, 3.8) is 0 Å². The number of nitrogens with one attached hydrogen (secondary N) is 1. The first kappa shape index (κ1) is 16.9. The molecule has 0 radical (unpaired) electrons. The summed E-state index contributed by atoms with van der Waals surface area (Å²) < 4.78 is 25.5. The summed E-state index contributed by atoms with van der Waals surface area (Å²) in [6, 6.07) is 7.12. The molecule has 0 saturated heterocycles. The van der Waals surface area contributed by atoms with E-state index < -0.39 is 9.84 Å². The molecule has 0 aliphatic carbocycles. The highest BCUT2D eigenvalue weighted by Gasteiger charge is 2.11. The van der Waals surface area contributed by atoms with Crippen molar-refractivity contribution in [1.82, 2.24) is 19.9 Å². The molecule has 0 fully saturated rings. The van der Waals surface area contributed by atoms with Crippen molar-refractivity contribution in [2.45, 2.75) is 17.9 Å². The Morgan fingerprint density at radius 2 is 2.08 bits per heavy atom. The Labute approximate surface area is 152 Å². The van der Waals surface area contributed by atoms with E-state index in [9.17, 15) is 8.42 Å². The van der Waals surface area contributed by atoms with Gasteiger partial charge in [-0.25, -0.2) is 8.42 Å². The van der Waals surface area contributed by atoms with Crippen LogP contribution in [-0.2, 0) is 16.4 Å². The van der Waals surface area contributed by atoms with Gasteiger partial charge in [0.2, 0.25) is 0 Å². The summed E-state index contributed by atoms with van der Waals surface area (Å²) >= 11 is 0. The zero-order valence-electron chi connectivity index (χ0n) is 14.5. The first-order valence-electron chi connectivity index (χ1n) is 8.51. The largest absolute Gasteiger partial charge is 0.341 e. The summed E-state index contributed by atoms with van der Waals surface area (Å²) in [5.41, 5.74) is 4.02. The van der Waals surface area contributed by atoms with Crippen molar-refractivity contribution in [2.75, 3.05) is 19.3 Å². The second kappa shape index (κ2) is 6.66. The van der Waals surface area contributed by atoms with E-state index in [0.717, 1.165) is 41.8 Å². The van der Waals surface area contributed by atoms with Gasteiger partial charge in [0.25, 0.3) is 0 Å². The maximum absolute atomic E-state index is 11.7. The van der Waals surface area contributed by atoms with Gasteiger partial charge in [-0.3, -0.25) is 9.97 Å². The highest BCUT2D eigenvalue weighted by atomic mass is 32.2. The second-order valence-electron chi connectivity index (χ2n) is 6.51. The maximum Gasteiger partial charge on any atom is 0.175 e. The lowest BCUT2D eigenvalue weighted by molar-refractivity contribution is 0.602. The summed E-state index contributed by atoms with van der Waals surface area (Å²) in [7, 11) is -3.20. The molecular formula is C19H20N4O2S. The Bertz CT molecular complexity index is 1080. The normalized spacial score (nSPS) is 15.2. The van der Waals surface area contributed by atoms with Crippen LogP contribution in [0.3, 0.4) is 0 Å². The Balaban J connectivity index is 1.58. The molecule has 26 heavy (non-hydrogen) atoms. The van der Waals surface area contributed by atoms with Gasteiger partial charge in [-0.15, -0.1) is 0 Å². The third kappa shape index (κ3) is 3.40. The highest BCUT2D eigenvalue weighted by molar-refractivity contribution is 7.90. The van der Waals surface area contributed by atoms with Crippen molar-refractivity contribution >= 4 is 26.3 Å². The van der Waals surface area contributed by atoms with Crippen LogP contribution in [0.2, 0.25) is 0 Å². The van der Waals surface area contributed by atoms with Gasteiger partial charge in [0.1, 0.15) is 0 Å². The fourth-order valence-electron chi connectivity index (χ4n) is 3.18. The SMILES string of the molecule is CS(=O)(=O)c1ccc2c(ccn2Cc2cnc(C3=CCNCC3)cn2)c1. The van der Waals surface area contributed by atoms with E-state index in [-0.39, 0.29) is 0 Å². The van der Waals surface area contributed by atoms with Crippen LogP contribution in [0.5, 0.6) is 0 Å². The van der Waals surface area contributed by atoms with Gasteiger partial charge < -0.3 is 9.88 Å². The van der Waals surface area contributed by atoms with Crippen LogP contribution in [0.1, 0.15) is 17.8 Å². The summed E-state index contributed by atoms with van der Waals surface area (Å²) in [4.78, 5) is 9.45. The molecule has 0 unspecified atom stereocenters. The number of hydrogen-bond donors (Lipinski definition) is 1. The van der Waals surface area contributed by atoms with Gasteiger partial charge in [0.15, 0.2) is 9.84 Å². The minimum absolute atomic E-state index is 0.335. The molecule has 1 aromatic carbocycles. The Hall–Kier alpha value is -2.51. The van der Waals surface area contributed by atoms with Crippen LogP contribution in [0.15, 0.2) is 53.8 Å². The molecule has 0 spiro atoms. The number of fused-ring (bicyclic) bond motifs is 1. The van der Waals surface area contributed by atoms with Crippen LogP contribution in [-0.4, -0.2) is 42.3 Å². The molecule has 0 saturated carbocycles. The van der Waals surface area contributed by atoms with E-state index in [1.807, 2.05) is 30.7 Å². The van der Waals surface area contributed by atoms with Gasteiger partial charge in [-0.05, 0) is 42.8 Å². The minimum Gasteiger partial charge on any atom is -0.341 e. The zero-order chi connectivity index (χ0) is 18.1. The molecule has 1 aliphatic heterocycles. The average molecular weight is 368 g/mol. The number of benzene rings is 1. The van der Waals surface area contributed by atoms with Crippen LogP contribution in [0.4, 0.5) is 0 Å². The summed E-state index contributed by atoms with van der Waals surface area (Å²) in [6.45, 7) is 2.44. The number of sulfone groups is 1. The van der Waals surface area contributed by atoms with Crippen LogP contribution < -0.4 is 5.32 Å². The topological polar surface area (TPSA) is 76.9 Å². The number of nitrogens with zero attached hydrogens (tertiary/aromatic N) is 3. The average Bonchev–Trinajstić information content (AvgIpc) is 3.05. The Kier molecular flexibility index (Phi) is 4.34. The standard InChI is InChI=1S/C19H20N4O2S/c1-26(24,25)17-2-3-19-15(10-17)6-9-23(19)13-16-11-22-18(12-21-16)14-4-7-20-8-5-14/h2-4,6,9-12,20H,5,7-8,13H2,1H3. The molecule has 1 N–H and O–H groups in total. The van der Waals surface area contributed by atoms with E-state index in [4.69, 9.17) is 0 Å². The van der Waals surface area contributed by atoms with Crippen LogP contribution >= 0.6 is 0 Å². The van der Waals surface area contributed by atoms with Gasteiger partial charge in [0, 0.05) is 29.9 Å². The lowest BCUT2D eigenvalue weighted by Crippen LogP contribution is -2.20. The van der Waals surface area contributed by atoms with E-state index in [0.29, 0.717) is 11.4 Å². The fraction of sp³-hybridized carbons (Fsp3) is 0.263. The van der Waals surface area contributed by atoms with Crippen molar-refractivity contribution in [3.8, 4) is 0 Å². The van der Waals surface area contributed by atoms with E-state index in [2.05, 4.69) is 25.9 Å². The molecule has 2 aromatic heterocycles. The molecule has 134 valence electrons. The maximum atomic E-state index is 11.7. The van der Waals surface area contributed by atoms with Crippen molar-refractivity contribution in [1.29, 1.82) is 0 Å². The molecule has 3 heterocycles. The third-order valence-corrected chi connectivity index (χ3v) is 5.71. The zero-order valence-corrected chi connectivity index (χ0v) is 15.3. The molecule has 0 amide bonds. The smallest absolute Gasteiger partial charge is 0.175 e. The summed E-state index contributed by atoms with van der Waals surface area (Å²) in [5.74, 6) is 0. The molecule has 1 aliphatic rings. The molecule has 4 rings (SSSR count). The Morgan fingerprint density at radius 3 is 2.77 bits per heavy atom. The molecule has 0 bridgehead atoms. The first-order chi connectivity index (χ1) is 12.5. The quantitative estimate of drug-likeness (QED) is 0.764. The number of aromatic nitrogens is 3. The highest BCUT2D eigenvalue weighted by Crippen LogP contribution is 2.22. The Morgan fingerprint density at radius 1 is 1.19 bits per heavy atom. The van der Waals surface area contributed by atoms with E-state index >= 15 is 0 Å². The van der Waals surface area contributed by atoms with E-state index in [1.165, 1.54) is 11.8 Å². The van der Waals surface area contributed by atoms with Crippen molar-refractivity contribution < 1.29 is 8.42 Å².